The van der Waals surface area contributed by atoms with Gasteiger partial charge in [-0.2, -0.15) is 0 Å². The molecule has 2 aromatic carbocycles. The van der Waals surface area contributed by atoms with E-state index in [1.807, 2.05) is 18.2 Å². The van der Waals surface area contributed by atoms with Crippen LogP contribution >= 0.6 is 23.2 Å². The molecule has 5 heteroatoms. The number of nitrogen functional groups attached to an aromatic ring is 2. The van der Waals surface area contributed by atoms with Crippen LogP contribution in [0.15, 0.2) is 36.4 Å². The Bertz CT molecular complexity index is 573. The third-order valence-electron chi connectivity index (χ3n) is 2.42. The molecule has 0 saturated carbocycles. The van der Waals surface area contributed by atoms with Crippen molar-refractivity contribution in [1.82, 2.24) is 0 Å². The monoisotopic (exact) mass is 282 g/mol. The van der Waals surface area contributed by atoms with Gasteiger partial charge in [-0.1, -0.05) is 35.3 Å². The summed E-state index contributed by atoms with van der Waals surface area (Å²) in [6, 6.07) is 10.6. The van der Waals surface area contributed by atoms with Crippen LogP contribution in [0.3, 0.4) is 0 Å². The second-order valence-electron chi connectivity index (χ2n) is 3.83. The van der Waals surface area contributed by atoms with Crippen LogP contribution < -0.4 is 16.2 Å². The highest BCUT2D eigenvalue weighted by molar-refractivity contribution is 6.32. The van der Waals surface area contributed by atoms with Gasteiger partial charge in [-0.15, -0.1) is 0 Å². The fourth-order valence-corrected chi connectivity index (χ4v) is 1.92. The summed E-state index contributed by atoms with van der Waals surface area (Å²) >= 11 is 11.9. The van der Waals surface area contributed by atoms with Crippen molar-refractivity contribution in [2.75, 3.05) is 11.5 Å². The molecule has 94 valence electrons. The molecule has 0 bridgehead atoms. The van der Waals surface area contributed by atoms with E-state index in [0.29, 0.717) is 33.8 Å². The van der Waals surface area contributed by atoms with Crippen LogP contribution in [0.5, 0.6) is 5.75 Å². The van der Waals surface area contributed by atoms with Gasteiger partial charge in [0.1, 0.15) is 12.4 Å². The molecule has 0 heterocycles. The SMILES string of the molecule is Nc1cc(Cl)c(OCc2cccc(Cl)c2)cc1N. The normalized spacial score (nSPS) is 10.3. The summed E-state index contributed by atoms with van der Waals surface area (Å²) in [7, 11) is 0. The number of halogens is 2. The van der Waals surface area contributed by atoms with Crippen LogP contribution in [0.1, 0.15) is 5.56 Å². The molecule has 0 spiro atoms. The number of hydrogen-bond donors (Lipinski definition) is 2. The van der Waals surface area contributed by atoms with Crippen molar-refractivity contribution in [1.29, 1.82) is 0 Å². The molecule has 0 amide bonds. The van der Waals surface area contributed by atoms with Gasteiger partial charge in [0.25, 0.3) is 0 Å². The predicted octanol–water partition coefficient (Wildman–Crippen LogP) is 3.74. The maximum Gasteiger partial charge on any atom is 0.140 e. The molecule has 0 aliphatic carbocycles. The van der Waals surface area contributed by atoms with Crippen molar-refractivity contribution in [2.24, 2.45) is 0 Å². The molecule has 0 atom stereocenters. The summed E-state index contributed by atoms with van der Waals surface area (Å²) in [4.78, 5) is 0. The summed E-state index contributed by atoms with van der Waals surface area (Å²) in [5.74, 6) is 0.503. The highest BCUT2D eigenvalue weighted by Gasteiger charge is 2.06. The molecule has 0 radical (unpaired) electrons. The second kappa shape index (κ2) is 5.38. The summed E-state index contributed by atoms with van der Waals surface area (Å²) in [5.41, 5.74) is 13.2. The number of anilines is 2. The molecule has 0 fully saturated rings. The van der Waals surface area contributed by atoms with Gasteiger partial charge < -0.3 is 16.2 Å². The first-order valence-electron chi connectivity index (χ1n) is 5.28. The van der Waals surface area contributed by atoms with E-state index in [1.54, 1.807) is 18.2 Å². The molecule has 0 unspecified atom stereocenters. The molecule has 4 N–H and O–H groups in total. The molecule has 18 heavy (non-hydrogen) atoms. The van der Waals surface area contributed by atoms with Crippen molar-refractivity contribution < 1.29 is 4.74 Å². The third kappa shape index (κ3) is 3.00. The van der Waals surface area contributed by atoms with Crippen LogP contribution in [0, 0.1) is 0 Å². The Labute approximate surface area is 115 Å². The fraction of sp³-hybridized carbons (Fsp3) is 0.0769. The van der Waals surface area contributed by atoms with Crippen molar-refractivity contribution in [3.8, 4) is 5.75 Å². The lowest BCUT2D eigenvalue weighted by molar-refractivity contribution is 0.306. The van der Waals surface area contributed by atoms with E-state index in [2.05, 4.69) is 0 Å². The Morgan fingerprint density at radius 3 is 2.44 bits per heavy atom. The van der Waals surface area contributed by atoms with E-state index in [0.717, 1.165) is 5.56 Å². The summed E-state index contributed by atoms with van der Waals surface area (Å²) < 4.78 is 5.59. The van der Waals surface area contributed by atoms with Gasteiger partial charge in [0.2, 0.25) is 0 Å². The molecular formula is C13H12Cl2N2O. The Morgan fingerprint density at radius 2 is 1.72 bits per heavy atom. The van der Waals surface area contributed by atoms with Gasteiger partial charge in [-0.05, 0) is 23.8 Å². The Balaban J connectivity index is 2.13. The molecule has 0 aliphatic heterocycles. The fourth-order valence-electron chi connectivity index (χ4n) is 1.48. The van der Waals surface area contributed by atoms with E-state index in [-0.39, 0.29) is 0 Å². The van der Waals surface area contributed by atoms with Gasteiger partial charge in [-0.25, -0.2) is 0 Å². The summed E-state index contributed by atoms with van der Waals surface area (Å²) in [6.07, 6.45) is 0. The zero-order valence-corrected chi connectivity index (χ0v) is 11.0. The second-order valence-corrected chi connectivity index (χ2v) is 4.67. The molecule has 0 saturated heterocycles. The smallest absolute Gasteiger partial charge is 0.140 e. The lowest BCUT2D eigenvalue weighted by atomic mass is 10.2. The minimum absolute atomic E-state index is 0.365. The molecule has 0 aliphatic rings. The molecule has 2 rings (SSSR count). The first kappa shape index (κ1) is 12.9. The minimum atomic E-state index is 0.365. The third-order valence-corrected chi connectivity index (χ3v) is 2.95. The Hall–Kier alpha value is -1.58. The van der Waals surface area contributed by atoms with Gasteiger partial charge >= 0.3 is 0 Å². The zero-order chi connectivity index (χ0) is 13.1. The van der Waals surface area contributed by atoms with E-state index < -0.39 is 0 Å². The van der Waals surface area contributed by atoms with E-state index in [9.17, 15) is 0 Å². The van der Waals surface area contributed by atoms with Crippen LogP contribution in [-0.4, -0.2) is 0 Å². The van der Waals surface area contributed by atoms with Gasteiger partial charge in [0.15, 0.2) is 0 Å². The number of nitrogens with two attached hydrogens (primary N) is 2. The van der Waals surface area contributed by atoms with E-state index >= 15 is 0 Å². The largest absolute Gasteiger partial charge is 0.487 e. The van der Waals surface area contributed by atoms with Crippen LogP contribution in [0.25, 0.3) is 0 Å². The highest BCUT2D eigenvalue weighted by atomic mass is 35.5. The van der Waals surface area contributed by atoms with E-state index in [4.69, 9.17) is 39.4 Å². The van der Waals surface area contributed by atoms with Gasteiger partial charge in [0, 0.05) is 11.1 Å². The molecular weight excluding hydrogens is 271 g/mol. The van der Waals surface area contributed by atoms with E-state index in [1.165, 1.54) is 0 Å². The minimum Gasteiger partial charge on any atom is -0.487 e. The highest BCUT2D eigenvalue weighted by Crippen LogP contribution is 2.31. The lowest BCUT2D eigenvalue weighted by Gasteiger charge is -2.10. The molecule has 3 nitrogen and oxygen atoms in total. The maximum atomic E-state index is 6.01. The maximum absolute atomic E-state index is 6.01. The van der Waals surface area contributed by atoms with Crippen molar-refractivity contribution >= 4 is 34.6 Å². The topological polar surface area (TPSA) is 61.3 Å². The van der Waals surface area contributed by atoms with Crippen molar-refractivity contribution in [2.45, 2.75) is 6.61 Å². The Morgan fingerprint density at radius 1 is 1.00 bits per heavy atom. The van der Waals surface area contributed by atoms with Gasteiger partial charge in [0.05, 0.1) is 16.4 Å². The number of ether oxygens (including phenoxy) is 1. The van der Waals surface area contributed by atoms with Crippen LogP contribution in [-0.2, 0) is 6.61 Å². The van der Waals surface area contributed by atoms with Crippen LogP contribution in [0.2, 0.25) is 10.0 Å². The first-order valence-corrected chi connectivity index (χ1v) is 6.03. The Kier molecular flexibility index (Phi) is 3.84. The summed E-state index contributed by atoms with van der Waals surface area (Å²) in [6.45, 7) is 0.365. The summed E-state index contributed by atoms with van der Waals surface area (Å²) in [5, 5.41) is 1.10. The van der Waals surface area contributed by atoms with Crippen LogP contribution in [0.4, 0.5) is 11.4 Å². The zero-order valence-electron chi connectivity index (χ0n) is 9.49. The quantitative estimate of drug-likeness (QED) is 0.843. The van der Waals surface area contributed by atoms with Crippen molar-refractivity contribution in [3.05, 3.63) is 52.0 Å². The predicted molar refractivity (Wildman–Crippen MR) is 76.1 cm³/mol. The standard InChI is InChI=1S/C13H12Cl2N2O/c14-9-3-1-2-8(4-9)7-18-13-6-12(17)11(16)5-10(13)15/h1-6H,7,16-17H2. The number of hydrogen-bond acceptors (Lipinski definition) is 3. The first-order chi connectivity index (χ1) is 8.56. The number of benzene rings is 2. The van der Waals surface area contributed by atoms with Crippen molar-refractivity contribution in [3.63, 3.8) is 0 Å². The number of rotatable bonds is 3. The average Bonchev–Trinajstić information content (AvgIpc) is 2.32. The lowest BCUT2D eigenvalue weighted by Crippen LogP contribution is -1.99. The molecule has 2 aromatic rings. The molecule has 0 aromatic heterocycles. The average molecular weight is 283 g/mol. The van der Waals surface area contributed by atoms with Gasteiger partial charge in [-0.3, -0.25) is 0 Å².